The first kappa shape index (κ1) is 23.8. The summed E-state index contributed by atoms with van der Waals surface area (Å²) in [4.78, 5) is 33.7. The van der Waals surface area contributed by atoms with Gasteiger partial charge < -0.3 is 14.5 Å². The van der Waals surface area contributed by atoms with Crippen molar-refractivity contribution >= 4 is 17.4 Å². The number of likely N-dealkylation sites (N-methyl/N-ethyl adjacent to an activating group) is 1. The first-order valence-corrected chi connectivity index (χ1v) is 12.7. The van der Waals surface area contributed by atoms with Crippen LogP contribution in [0.2, 0.25) is 0 Å². The molecule has 6 heteroatoms. The molecule has 1 saturated heterocycles. The second-order valence-electron chi connectivity index (χ2n) is 10.2. The fraction of sp³-hybridized carbons (Fsp3) is 0.630. The van der Waals surface area contributed by atoms with E-state index in [1.54, 1.807) is 4.90 Å². The van der Waals surface area contributed by atoms with E-state index in [0.717, 1.165) is 62.9 Å². The second-order valence-corrected chi connectivity index (χ2v) is 10.2. The Morgan fingerprint density at radius 1 is 0.909 bits per heavy atom. The summed E-state index contributed by atoms with van der Waals surface area (Å²) in [7, 11) is 4.14. The molecule has 0 aromatic heterocycles. The topological polar surface area (TPSA) is 53.1 Å². The van der Waals surface area contributed by atoms with Crippen LogP contribution in [0.15, 0.2) is 30.0 Å². The molecule has 0 spiro atoms. The van der Waals surface area contributed by atoms with E-state index in [1.807, 2.05) is 45.2 Å². The van der Waals surface area contributed by atoms with E-state index >= 15 is 0 Å². The van der Waals surface area contributed by atoms with Crippen LogP contribution in [0, 0.1) is 0 Å². The smallest absolute Gasteiger partial charge is 0.278 e. The van der Waals surface area contributed by atoms with Gasteiger partial charge >= 0.3 is 0 Å². The van der Waals surface area contributed by atoms with Crippen molar-refractivity contribution in [3.63, 3.8) is 0 Å². The Kier molecular flexibility index (Phi) is 7.42. The van der Waals surface area contributed by atoms with Crippen LogP contribution in [-0.4, -0.2) is 71.9 Å². The van der Waals surface area contributed by atoms with Crippen LogP contribution < -0.4 is 4.74 Å². The first-order valence-electron chi connectivity index (χ1n) is 12.7. The lowest BCUT2D eigenvalue weighted by Gasteiger charge is -2.37. The Hall–Kier alpha value is -2.34. The number of nitrogens with zero attached hydrogens (tertiary/aromatic N) is 3. The van der Waals surface area contributed by atoms with Gasteiger partial charge in [0.1, 0.15) is 11.4 Å². The highest BCUT2D eigenvalue weighted by molar-refractivity contribution is 6.35. The van der Waals surface area contributed by atoms with Gasteiger partial charge in [-0.05, 0) is 77.4 Å². The van der Waals surface area contributed by atoms with Crippen LogP contribution in [0.25, 0.3) is 5.57 Å². The van der Waals surface area contributed by atoms with Crippen LogP contribution >= 0.6 is 0 Å². The molecule has 0 atom stereocenters. The van der Waals surface area contributed by atoms with Gasteiger partial charge in [-0.1, -0.05) is 37.8 Å². The summed E-state index contributed by atoms with van der Waals surface area (Å²) < 4.78 is 5.80. The lowest BCUT2D eigenvalue weighted by atomic mass is 10.00. The third-order valence-electron chi connectivity index (χ3n) is 7.38. The fourth-order valence-electron chi connectivity index (χ4n) is 5.51. The highest BCUT2D eigenvalue weighted by Gasteiger charge is 2.45. The molecular weight excluding hydrogens is 414 g/mol. The van der Waals surface area contributed by atoms with Crippen molar-refractivity contribution in [2.24, 2.45) is 0 Å². The third kappa shape index (κ3) is 5.11. The van der Waals surface area contributed by atoms with Crippen molar-refractivity contribution in [1.82, 2.24) is 14.7 Å². The number of hydrogen-bond acceptors (Lipinski definition) is 5. The quantitative estimate of drug-likeness (QED) is 0.475. The molecule has 2 amide bonds. The highest BCUT2D eigenvalue weighted by atomic mass is 16.5. The summed E-state index contributed by atoms with van der Waals surface area (Å²) in [6.07, 6.45) is 8.44. The summed E-state index contributed by atoms with van der Waals surface area (Å²) in [6, 6.07) is 7.94. The summed E-state index contributed by atoms with van der Waals surface area (Å²) in [5.74, 6) is 0.544. The molecule has 2 aliphatic heterocycles. The lowest BCUT2D eigenvalue weighted by molar-refractivity contribution is -0.140. The van der Waals surface area contributed by atoms with E-state index < -0.39 is 0 Å². The Balaban J connectivity index is 1.69. The zero-order valence-electron chi connectivity index (χ0n) is 20.7. The Labute approximate surface area is 198 Å². The molecule has 0 N–H and O–H groups in total. The minimum absolute atomic E-state index is 0.00874. The standard InChI is InChI=1S/C27H39N3O3/c1-19(2)33-23-13-11-20(12-14-23)24-25(29(4)21-15-17-28(3)18-16-21)27(32)30(26(24)31)22-9-7-5-6-8-10-22/h11-14,19,21-22H,5-10,15-18H2,1-4H3. The van der Waals surface area contributed by atoms with E-state index in [-0.39, 0.29) is 30.0 Å². The summed E-state index contributed by atoms with van der Waals surface area (Å²) in [5.41, 5.74) is 1.94. The van der Waals surface area contributed by atoms with E-state index in [9.17, 15) is 9.59 Å². The summed E-state index contributed by atoms with van der Waals surface area (Å²) >= 11 is 0. The van der Waals surface area contributed by atoms with Crippen LogP contribution in [0.3, 0.4) is 0 Å². The second kappa shape index (κ2) is 10.3. The van der Waals surface area contributed by atoms with Crippen molar-refractivity contribution in [2.45, 2.75) is 83.4 Å². The van der Waals surface area contributed by atoms with Crippen molar-refractivity contribution < 1.29 is 14.3 Å². The molecule has 4 rings (SSSR count). The molecule has 2 fully saturated rings. The Bertz CT molecular complexity index is 876. The van der Waals surface area contributed by atoms with Crippen molar-refractivity contribution in [1.29, 1.82) is 0 Å². The number of benzene rings is 1. The molecule has 1 aliphatic carbocycles. The van der Waals surface area contributed by atoms with Crippen molar-refractivity contribution in [2.75, 3.05) is 27.2 Å². The van der Waals surface area contributed by atoms with Crippen LogP contribution in [0.4, 0.5) is 0 Å². The van der Waals surface area contributed by atoms with Gasteiger partial charge in [-0.2, -0.15) is 0 Å². The molecule has 6 nitrogen and oxygen atoms in total. The van der Waals surface area contributed by atoms with E-state index in [4.69, 9.17) is 4.74 Å². The Morgan fingerprint density at radius 2 is 1.52 bits per heavy atom. The predicted octanol–water partition coefficient (Wildman–Crippen LogP) is 4.30. The molecular formula is C27H39N3O3. The SMILES string of the molecule is CC(C)Oc1ccc(C2=C(N(C)C3CCN(C)CC3)C(=O)N(C3CCCCCC3)C2=O)cc1. The summed E-state index contributed by atoms with van der Waals surface area (Å²) in [5, 5.41) is 0. The highest BCUT2D eigenvalue weighted by Crippen LogP contribution is 2.37. The first-order chi connectivity index (χ1) is 15.9. The Morgan fingerprint density at radius 3 is 2.09 bits per heavy atom. The van der Waals surface area contributed by atoms with E-state index in [0.29, 0.717) is 11.3 Å². The number of hydrogen-bond donors (Lipinski definition) is 0. The molecule has 1 aromatic rings. The number of piperidine rings is 1. The fourth-order valence-corrected chi connectivity index (χ4v) is 5.51. The van der Waals surface area contributed by atoms with Gasteiger partial charge in [-0.3, -0.25) is 14.5 Å². The van der Waals surface area contributed by atoms with Gasteiger partial charge in [-0.15, -0.1) is 0 Å². The number of carbonyl (C=O) groups is 2. The zero-order chi connectivity index (χ0) is 23.5. The number of amides is 2. The number of imide groups is 1. The molecule has 33 heavy (non-hydrogen) atoms. The largest absolute Gasteiger partial charge is 0.491 e. The normalized spacial score (nSPS) is 21.8. The van der Waals surface area contributed by atoms with Crippen LogP contribution in [0.5, 0.6) is 5.75 Å². The number of carbonyl (C=O) groups excluding carboxylic acids is 2. The molecule has 0 bridgehead atoms. The third-order valence-corrected chi connectivity index (χ3v) is 7.38. The minimum Gasteiger partial charge on any atom is -0.491 e. The maximum absolute atomic E-state index is 13.8. The number of rotatable bonds is 6. The maximum atomic E-state index is 13.8. The van der Waals surface area contributed by atoms with Gasteiger partial charge in [0.2, 0.25) is 0 Å². The van der Waals surface area contributed by atoms with Gasteiger partial charge in [0, 0.05) is 19.1 Å². The van der Waals surface area contributed by atoms with Gasteiger partial charge in [-0.25, -0.2) is 0 Å². The zero-order valence-corrected chi connectivity index (χ0v) is 20.7. The number of ether oxygens (including phenoxy) is 1. The van der Waals surface area contributed by atoms with Crippen LogP contribution in [-0.2, 0) is 9.59 Å². The molecule has 1 saturated carbocycles. The average molecular weight is 454 g/mol. The van der Waals surface area contributed by atoms with Gasteiger partial charge in [0.15, 0.2) is 0 Å². The maximum Gasteiger partial charge on any atom is 0.278 e. The van der Waals surface area contributed by atoms with Crippen molar-refractivity contribution in [3.05, 3.63) is 35.5 Å². The molecule has 180 valence electrons. The van der Waals surface area contributed by atoms with Gasteiger partial charge in [0.05, 0.1) is 11.7 Å². The minimum atomic E-state index is -0.126. The van der Waals surface area contributed by atoms with E-state index in [1.165, 1.54) is 12.8 Å². The van der Waals surface area contributed by atoms with Crippen LogP contribution in [0.1, 0.15) is 70.8 Å². The number of likely N-dealkylation sites (tertiary alicyclic amines) is 1. The monoisotopic (exact) mass is 453 g/mol. The summed E-state index contributed by atoms with van der Waals surface area (Å²) in [6.45, 7) is 6.00. The van der Waals surface area contributed by atoms with Crippen molar-refractivity contribution in [3.8, 4) is 5.75 Å². The lowest BCUT2D eigenvalue weighted by Crippen LogP contribution is -2.45. The van der Waals surface area contributed by atoms with Gasteiger partial charge in [0.25, 0.3) is 11.8 Å². The van der Waals surface area contributed by atoms with E-state index in [2.05, 4.69) is 16.8 Å². The molecule has 2 heterocycles. The predicted molar refractivity (Wildman–Crippen MR) is 131 cm³/mol. The molecule has 0 radical (unpaired) electrons. The average Bonchev–Trinajstić information content (AvgIpc) is 2.94. The molecule has 3 aliphatic rings. The molecule has 0 unspecified atom stereocenters. The molecule has 1 aromatic carbocycles.